The van der Waals surface area contributed by atoms with Gasteiger partial charge >= 0.3 is 0 Å². The normalized spacial score (nSPS) is 30.7. The summed E-state index contributed by atoms with van der Waals surface area (Å²) in [5, 5.41) is 2.61. The van der Waals surface area contributed by atoms with Crippen LogP contribution >= 0.6 is 0 Å². The molecule has 0 unspecified atom stereocenters. The predicted octanol–water partition coefficient (Wildman–Crippen LogP) is 2.62. The minimum atomic E-state index is -1.88. The van der Waals surface area contributed by atoms with Gasteiger partial charge in [0.05, 0.1) is 6.04 Å². The monoisotopic (exact) mass is 261 g/mol. The third kappa shape index (κ3) is 2.40. The van der Waals surface area contributed by atoms with E-state index in [-0.39, 0.29) is 5.91 Å². The van der Waals surface area contributed by atoms with Gasteiger partial charge in [-0.3, -0.25) is 4.79 Å². The average Bonchev–Trinajstić information content (AvgIpc) is 2.32. The van der Waals surface area contributed by atoms with Gasteiger partial charge in [0.2, 0.25) is 0 Å². The fourth-order valence-electron chi connectivity index (χ4n) is 2.56. The molecule has 1 heterocycles. The Morgan fingerprint density at radius 1 is 1.41 bits per heavy atom. The molecule has 1 aliphatic rings. The number of hydrogen-bond donors (Lipinski definition) is 1. The smallest absolute Gasteiger partial charge is 0.253 e. The number of nitrogens with one attached hydrogen (secondary N) is 1. The molecule has 3 nitrogen and oxygen atoms in total. The second-order valence-electron chi connectivity index (χ2n) is 5.08. The number of carbonyl (C=O) groups excluding carboxylic acids is 1. The van der Waals surface area contributed by atoms with Gasteiger partial charge in [0.25, 0.3) is 5.91 Å². The second-order valence-corrected chi connectivity index (χ2v) is 9.77. The van der Waals surface area contributed by atoms with Gasteiger partial charge in [-0.25, -0.2) is 4.39 Å². The molecule has 0 aliphatic carbocycles. The van der Waals surface area contributed by atoms with Crippen molar-refractivity contribution in [1.29, 1.82) is 0 Å². The van der Waals surface area contributed by atoms with Crippen molar-refractivity contribution in [3.05, 3.63) is 0 Å². The van der Waals surface area contributed by atoms with E-state index >= 15 is 0 Å². The highest BCUT2D eigenvalue weighted by Crippen LogP contribution is 2.35. The Balaban J connectivity index is 2.87. The summed E-state index contributed by atoms with van der Waals surface area (Å²) in [5.74, 6) is -0.167. The Morgan fingerprint density at radius 2 is 1.88 bits per heavy atom. The zero-order valence-electron chi connectivity index (χ0n) is 11.5. The lowest BCUT2D eigenvalue weighted by atomic mass is 9.84. The highest BCUT2D eigenvalue weighted by molar-refractivity contribution is 6.73. The molecule has 0 aromatic carbocycles. The molecule has 3 atom stereocenters. The number of rotatable bonds is 6. The van der Waals surface area contributed by atoms with E-state index in [1.165, 1.54) is 6.92 Å². The molecule has 1 amide bonds. The van der Waals surface area contributed by atoms with Crippen LogP contribution in [0.5, 0.6) is 0 Å². The molecule has 100 valence electrons. The topological polar surface area (TPSA) is 38.3 Å². The number of hydrogen-bond acceptors (Lipinski definition) is 2. The van der Waals surface area contributed by atoms with Crippen molar-refractivity contribution < 1.29 is 13.6 Å². The zero-order chi connectivity index (χ0) is 13.3. The van der Waals surface area contributed by atoms with Gasteiger partial charge in [-0.05, 0) is 32.0 Å². The summed E-state index contributed by atoms with van der Waals surface area (Å²) in [7, 11) is -1.88. The van der Waals surface area contributed by atoms with Gasteiger partial charge in [-0.2, -0.15) is 0 Å². The third-order valence-corrected chi connectivity index (χ3v) is 8.87. The van der Waals surface area contributed by atoms with Gasteiger partial charge in [-0.1, -0.05) is 20.8 Å². The van der Waals surface area contributed by atoms with Crippen LogP contribution in [0.1, 0.15) is 34.6 Å². The molecule has 0 bridgehead atoms. The lowest BCUT2D eigenvalue weighted by Gasteiger charge is -2.51. The Kier molecular flexibility index (Phi) is 4.36. The summed E-state index contributed by atoms with van der Waals surface area (Å²) in [6.07, 6.45) is -1.07. The maximum atomic E-state index is 13.4. The van der Waals surface area contributed by atoms with Crippen molar-refractivity contribution in [2.45, 2.75) is 70.6 Å². The quantitative estimate of drug-likeness (QED) is 0.589. The maximum Gasteiger partial charge on any atom is 0.253 e. The van der Waals surface area contributed by atoms with Crippen LogP contribution in [0.25, 0.3) is 0 Å². The number of β-lactam (4-membered cyclic amide) rings is 1. The second kappa shape index (κ2) is 5.06. The molecule has 0 aromatic rings. The lowest BCUT2D eigenvalue weighted by molar-refractivity contribution is -0.159. The van der Waals surface area contributed by atoms with Crippen LogP contribution in [0, 0.1) is 0 Å². The fourth-order valence-corrected chi connectivity index (χ4v) is 5.62. The summed E-state index contributed by atoms with van der Waals surface area (Å²) in [5.41, 5.74) is -0.956. The summed E-state index contributed by atoms with van der Waals surface area (Å²) < 4.78 is 19.6. The van der Waals surface area contributed by atoms with Gasteiger partial charge in [0.1, 0.15) is 6.17 Å². The molecule has 1 N–H and O–H groups in total. The Bertz CT molecular complexity index is 286. The zero-order valence-corrected chi connectivity index (χ0v) is 12.5. The first-order valence-electron chi connectivity index (χ1n) is 6.50. The van der Waals surface area contributed by atoms with Crippen molar-refractivity contribution in [3.8, 4) is 0 Å². The Morgan fingerprint density at radius 3 is 2.18 bits per heavy atom. The minimum Gasteiger partial charge on any atom is -0.401 e. The minimum absolute atomic E-state index is 0.167. The largest absolute Gasteiger partial charge is 0.401 e. The van der Waals surface area contributed by atoms with Crippen LogP contribution < -0.4 is 5.32 Å². The van der Waals surface area contributed by atoms with Crippen LogP contribution in [-0.2, 0) is 9.22 Å². The molecule has 0 spiro atoms. The van der Waals surface area contributed by atoms with Crippen molar-refractivity contribution >= 4 is 14.2 Å². The summed E-state index contributed by atoms with van der Waals surface area (Å²) in [6.45, 7) is 9.52. The standard InChI is InChI=1S/C12H24FNO2Si/c1-6-17(7-2,8-3)16-12(5)10(9(4)13)14-11(12)15/h9-10H,6-8H2,1-5H3,(H,14,15)/t9-,10-,12+/m0/s1. The van der Waals surface area contributed by atoms with Gasteiger partial charge in [0, 0.05) is 0 Å². The van der Waals surface area contributed by atoms with Crippen LogP contribution in [0.3, 0.4) is 0 Å². The van der Waals surface area contributed by atoms with E-state index in [9.17, 15) is 9.18 Å². The molecule has 1 rings (SSSR count). The summed E-state index contributed by atoms with van der Waals surface area (Å²) in [6, 6.07) is 2.41. The van der Waals surface area contributed by atoms with Crippen molar-refractivity contribution in [1.82, 2.24) is 5.32 Å². The molecule has 1 aliphatic heterocycles. The Labute approximate surface area is 104 Å². The number of halogens is 1. The molecule has 1 fully saturated rings. The summed E-state index contributed by atoms with van der Waals surface area (Å²) >= 11 is 0. The first-order valence-corrected chi connectivity index (χ1v) is 9.03. The van der Waals surface area contributed by atoms with E-state index in [2.05, 4.69) is 26.1 Å². The summed E-state index contributed by atoms with van der Waals surface area (Å²) in [4.78, 5) is 11.7. The van der Waals surface area contributed by atoms with Crippen LogP contribution in [0.15, 0.2) is 0 Å². The average molecular weight is 261 g/mol. The molecule has 0 saturated carbocycles. The molecular weight excluding hydrogens is 237 g/mol. The van der Waals surface area contributed by atoms with E-state index in [0.29, 0.717) is 0 Å². The van der Waals surface area contributed by atoms with Gasteiger partial charge in [-0.15, -0.1) is 0 Å². The maximum absolute atomic E-state index is 13.4. The Hall–Kier alpha value is -0.423. The van der Waals surface area contributed by atoms with Crippen LogP contribution in [0.4, 0.5) is 4.39 Å². The van der Waals surface area contributed by atoms with Crippen molar-refractivity contribution in [2.24, 2.45) is 0 Å². The SMILES string of the molecule is CC[Si](CC)(CC)O[C@@]1(C)C(=O)N[C@H]1[C@H](C)F. The van der Waals surface area contributed by atoms with Crippen molar-refractivity contribution in [2.75, 3.05) is 0 Å². The first kappa shape index (κ1) is 14.6. The predicted molar refractivity (Wildman–Crippen MR) is 69.2 cm³/mol. The van der Waals surface area contributed by atoms with E-state index in [1.54, 1.807) is 6.92 Å². The lowest BCUT2D eigenvalue weighted by Crippen LogP contribution is -2.76. The highest BCUT2D eigenvalue weighted by Gasteiger charge is 2.57. The van der Waals surface area contributed by atoms with E-state index in [0.717, 1.165) is 18.1 Å². The number of alkyl halides is 1. The molecule has 0 radical (unpaired) electrons. The molecule has 17 heavy (non-hydrogen) atoms. The number of amides is 1. The van der Waals surface area contributed by atoms with E-state index in [1.807, 2.05) is 0 Å². The highest BCUT2D eigenvalue weighted by atomic mass is 28.4. The molecule has 5 heteroatoms. The van der Waals surface area contributed by atoms with E-state index in [4.69, 9.17) is 4.43 Å². The molecule has 1 saturated heterocycles. The van der Waals surface area contributed by atoms with E-state index < -0.39 is 26.1 Å². The number of carbonyl (C=O) groups is 1. The fraction of sp³-hybridized carbons (Fsp3) is 0.917. The first-order chi connectivity index (χ1) is 7.85. The third-order valence-electron chi connectivity index (χ3n) is 4.15. The van der Waals surface area contributed by atoms with Gasteiger partial charge < -0.3 is 9.74 Å². The van der Waals surface area contributed by atoms with Crippen molar-refractivity contribution in [3.63, 3.8) is 0 Å². The van der Waals surface area contributed by atoms with Crippen LogP contribution in [0.2, 0.25) is 18.1 Å². The van der Waals surface area contributed by atoms with Crippen LogP contribution in [-0.4, -0.2) is 32.0 Å². The molecule has 0 aromatic heterocycles. The molecular formula is C12H24FNO2Si. The van der Waals surface area contributed by atoms with Gasteiger partial charge in [0.15, 0.2) is 13.9 Å².